The Balaban J connectivity index is 1.71. The zero-order chi connectivity index (χ0) is 60.2. The van der Waals surface area contributed by atoms with E-state index in [4.69, 9.17) is 18.9 Å². The molecule has 2 rings (SSSR count). The maximum Gasteiger partial charge on any atom is 0.220 e. The number of hydrogen-bond donors (Lipinski definition) is 9. The first kappa shape index (κ1) is 77.3. The number of carbonyl (C=O) groups excluding carboxylic acids is 1. The number of hydrogen-bond acceptors (Lipinski definition) is 13. The zero-order valence-electron chi connectivity index (χ0n) is 53.0. The lowest BCUT2D eigenvalue weighted by Gasteiger charge is -2.46. The van der Waals surface area contributed by atoms with E-state index in [9.17, 15) is 45.6 Å². The van der Waals surface area contributed by atoms with E-state index in [2.05, 4.69) is 43.5 Å². The summed E-state index contributed by atoms with van der Waals surface area (Å²) >= 11 is 0. The molecule has 14 heteroatoms. The molecule has 0 spiro atoms. The standard InChI is InChI=1S/C69H129NO13/c1-3-5-7-9-11-13-15-17-19-21-23-25-27-29-31-33-35-37-39-41-43-45-47-49-51-53-61(74)70-57(56-80-68-66(79)64(77)67(60(55-72)82-68)83-69-65(78)63(76)62(75)59(54-71)81-69)58(73)52-50-48-46-44-42-40-38-36-34-32-30-28-26-24-22-20-18-16-14-12-10-8-6-4-2/h34,36,42,44,50,52,57-60,62-69,71-73,75-79H,3-33,35,37-41,43,45-49,51,53-56H2,1-2H3,(H,70,74)/b36-34+,44-42+,52-50+. The SMILES string of the molecule is CCCCCCCCCCCCCCCC/C=C/CC/C=C/CC/C=C/C(O)C(COC1OC(CO)C(OC2OC(CO)C(O)C(O)C2O)C(O)C1O)NC(=O)CCCCCCCCCCCCCCCCCCCCCCCCCCC. The smallest absolute Gasteiger partial charge is 0.220 e. The minimum Gasteiger partial charge on any atom is -0.394 e. The molecule has 14 nitrogen and oxygen atoms in total. The lowest BCUT2D eigenvalue weighted by atomic mass is 9.97. The Hall–Kier alpha value is -1.79. The molecule has 0 aromatic carbocycles. The third-order valence-electron chi connectivity index (χ3n) is 17.1. The van der Waals surface area contributed by atoms with Gasteiger partial charge in [0.05, 0.1) is 32.0 Å². The number of rotatable bonds is 57. The molecule has 12 unspecified atom stereocenters. The van der Waals surface area contributed by atoms with Gasteiger partial charge in [0.1, 0.15) is 48.8 Å². The summed E-state index contributed by atoms with van der Waals surface area (Å²) in [5.41, 5.74) is 0. The zero-order valence-corrected chi connectivity index (χ0v) is 53.0. The second-order valence-corrected chi connectivity index (χ2v) is 24.6. The fraction of sp³-hybridized carbons (Fsp3) is 0.899. The lowest BCUT2D eigenvalue weighted by Crippen LogP contribution is -2.65. The quantitative estimate of drug-likeness (QED) is 0.0204. The molecular formula is C69H129NO13. The van der Waals surface area contributed by atoms with Crippen LogP contribution in [-0.4, -0.2) is 140 Å². The molecule has 2 aliphatic heterocycles. The Morgan fingerprint density at radius 1 is 0.422 bits per heavy atom. The molecule has 2 aliphatic rings. The molecule has 2 heterocycles. The summed E-state index contributed by atoms with van der Waals surface area (Å²) in [6.45, 7) is 2.82. The molecule has 1 amide bonds. The molecule has 83 heavy (non-hydrogen) atoms. The van der Waals surface area contributed by atoms with Gasteiger partial charge in [-0.2, -0.15) is 0 Å². The summed E-state index contributed by atoms with van der Waals surface area (Å²) in [5.74, 6) is -0.247. The predicted molar refractivity (Wildman–Crippen MR) is 337 cm³/mol. The van der Waals surface area contributed by atoms with E-state index in [0.29, 0.717) is 12.8 Å². The van der Waals surface area contributed by atoms with Gasteiger partial charge < -0.3 is 65.1 Å². The van der Waals surface area contributed by atoms with Gasteiger partial charge in [-0.25, -0.2) is 0 Å². The minimum absolute atomic E-state index is 0.247. The summed E-state index contributed by atoms with van der Waals surface area (Å²) in [6, 6.07) is -0.937. The van der Waals surface area contributed by atoms with E-state index in [1.165, 1.54) is 225 Å². The Morgan fingerprint density at radius 2 is 0.771 bits per heavy atom. The molecule has 0 aliphatic carbocycles. The monoisotopic (exact) mass is 1180 g/mol. The van der Waals surface area contributed by atoms with E-state index >= 15 is 0 Å². The van der Waals surface area contributed by atoms with Crippen molar-refractivity contribution in [3.8, 4) is 0 Å². The van der Waals surface area contributed by atoms with Crippen LogP contribution in [-0.2, 0) is 23.7 Å². The van der Waals surface area contributed by atoms with Crippen molar-refractivity contribution in [1.29, 1.82) is 0 Å². The van der Waals surface area contributed by atoms with Gasteiger partial charge in [0.25, 0.3) is 0 Å². The van der Waals surface area contributed by atoms with Crippen molar-refractivity contribution < 1.29 is 64.6 Å². The predicted octanol–water partition coefficient (Wildman–Crippen LogP) is 13.7. The van der Waals surface area contributed by atoms with Crippen molar-refractivity contribution in [3.63, 3.8) is 0 Å². The van der Waals surface area contributed by atoms with Crippen LogP contribution in [0.3, 0.4) is 0 Å². The Labute approximate surface area is 506 Å². The van der Waals surface area contributed by atoms with Crippen molar-refractivity contribution >= 4 is 5.91 Å². The number of unbranched alkanes of at least 4 members (excludes halogenated alkanes) is 40. The fourth-order valence-electron chi connectivity index (χ4n) is 11.5. The van der Waals surface area contributed by atoms with Crippen LogP contribution < -0.4 is 5.32 Å². The second-order valence-electron chi connectivity index (χ2n) is 24.6. The maximum atomic E-state index is 13.3. The van der Waals surface area contributed by atoms with Crippen molar-refractivity contribution in [2.45, 2.75) is 376 Å². The van der Waals surface area contributed by atoms with E-state index in [1.54, 1.807) is 6.08 Å². The average molecular weight is 1180 g/mol. The summed E-state index contributed by atoms with van der Waals surface area (Å²) in [6.07, 6.45) is 52.0. The fourth-order valence-corrected chi connectivity index (χ4v) is 11.5. The van der Waals surface area contributed by atoms with E-state index in [0.717, 1.165) is 44.9 Å². The van der Waals surface area contributed by atoms with Gasteiger partial charge in [0.2, 0.25) is 5.91 Å². The van der Waals surface area contributed by atoms with E-state index < -0.39 is 86.8 Å². The van der Waals surface area contributed by atoms with Crippen LogP contribution in [0.25, 0.3) is 0 Å². The summed E-state index contributed by atoms with van der Waals surface area (Å²) in [7, 11) is 0. The molecule has 488 valence electrons. The molecule has 12 atom stereocenters. The Kier molecular flexibility index (Phi) is 50.6. The van der Waals surface area contributed by atoms with Crippen molar-refractivity contribution in [2.75, 3.05) is 19.8 Å². The average Bonchev–Trinajstić information content (AvgIpc) is 3.60. The van der Waals surface area contributed by atoms with Crippen LogP contribution in [0.2, 0.25) is 0 Å². The molecule has 0 aromatic heterocycles. The van der Waals surface area contributed by atoms with Crippen LogP contribution in [0, 0.1) is 0 Å². The second kappa shape index (κ2) is 54.4. The van der Waals surface area contributed by atoms with Crippen LogP contribution in [0.4, 0.5) is 0 Å². The first-order chi connectivity index (χ1) is 40.6. The minimum atomic E-state index is -1.79. The third kappa shape index (κ3) is 39.0. The molecule has 9 N–H and O–H groups in total. The van der Waals surface area contributed by atoms with Gasteiger partial charge in [0.15, 0.2) is 12.6 Å². The maximum absolute atomic E-state index is 13.3. The number of aliphatic hydroxyl groups excluding tert-OH is 8. The molecule has 0 radical (unpaired) electrons. The molecule has 2 saturated heterocycles. The summed E-state index contributed by atoms with van der Waals surface area (Å²) in [5, 5.41) is 87.4. The highest BCUT2D eigenvalue weighted by molar-refractivity contribution is 5.76. The molecule has 2 fully saturated rings. The number of aliphatic hydroxyl groups is 8. The number of carbonyl (C=O) groups is 1. The Morgan fingerprint density at radius 3 is 1.18 bits per heavy atom. The van der Waals surface area contributed by atoms with Crippen LogP contribution in [0.1, 0.15) is 303 Å². The Bertz CT molecular complexity index is 1530. The highest BCUT2D eigenvalue weighted by Crippen LogP contribution is 2.30. The van der Waals surface area contributed by atoms with Crippen LogP contribution in [0.15, 0.2) is 36.5 Å². The number of ether oxygens (including phenoxy) is 4. The summed E-state index contributed by atoms with van der Waals surface area (Å²) in [4.78, 5) is 13.3. The number of amides is 1. The van der Waals surface area contributed by atoms with Gasteiger partial charge in [-0.15, -0.1) is 0 Å². The first-order valence-electron chi connectivity index (χ1n) is 34.7. The topological polar surface area (TPSA) is 228 Å². The normalized spacial score (nSPS) is 24.0. The van der Waals surface area contributed by atoms with Gasteiger partial charge in [-0.3, -0.25) is 4.79 Å². The molecule has 0 saturated carbocycles. The number of allylic oxidation sites excluding steroid dienone is 5. The van der Waals surface area contributed by atoms with Crippen LogP contribution in [0.5, 0.6) is 0 Å². The van der Waals surface area contributed by atoms with Crippen molar-refractivity contribution in [1.82, 2.24) is 5.32 Å². The third-order valence-corrected chi connectivity index (χ3v) is 17.1. The largest absolute Gasteiger partial charge is 0.394 e. The van der Waals surface area contributed by atoms with Gasteiger partial charge in [-0.05, 0) is 44.9 Å². The first-order valence-corrected chi connectivity index (χ1v) is 34.7. The lowest BCUT2D eigenvalue weighted by molar-refractivity contribution is -0.359. The number of nitrogens with one attached hydrogen (secondary N) is 1. The summed E-state index contributed by atoms with van der Waals surface area (Å²) < 4.78 is 22.8. The molecule has 0 bridgehead atoms. The highest BCUT2D eigenvalue weighted by atomic mass is 16.7. The highest BCUT2D eigenvalue weighted by Gasteiger charge is 2.51. The van der Waals surface area contributed by atoms with E-state index in [1.807, 2.05) is 6.08 Å². The van der Waals surface area contributed by atoms with Crippen LogP contribution >= 0.6 is 0 Å². The van der Waals surface area contributed by atoms with Crippen molar-refractivity contribution in [3.05, 3.63) is 36.5 Å². The molecular weight excluding hydrogens is 1050 g/mol. The van der Waals surface area contributed by atoms with Gasteiger partial charge in [-0.1, -0.05) is 288 Å². The van der Waals surface area contributed by atoms with E-state index in [-0.39, 0.29) is 18.9 Å². The van der Waals surface area contributed by atoms with Gasteiger partial charge >= 0.3 is 0 Å². The molecule has 0 aromatic rings. The van der Waals surface area contributed by atoms with Crippen molar-refractivity contribution in [2.24, 2.45) is 0 Å². The van der Waals surface area contributed by atoms with Gasteiger partial charge in [0, 0.05) is 6.42 Å².